The van der Waals surface area contributed by atoms with Crippen LogP contribution in [0.3, 0.4) is 0 Å². The lowest BCUT2D eigenvalue weighted by Crippen LogP contribution is -2.62. The van der Waals surface area contributed by atoms with Gasteiger partial charge in [-0.3, -0.25) is 9.78 Å². The van der Waals surface area contributed by atoms with Crippen LogP contribution in [-0.2, 0) is 4.74 Å². The van der Waals surface area contributed by atoms with Crippen LogP contribution in [0.25, 0.3) is 5.57 Å². The Morgan fingerprint density at radius 1 is 0.930 bits per heavy atom. The van der Waals surface area contributed by atoms with Gasteiger partial charge in [-0.2, -0.15) is 0 Å². The van der Waals surface area contributed by atoms with Crippen molar-refractivity contribution in [2.75, 3.05) is 13.1 Å². The third kappa shape index (κ3) is 7.07. The van der Waals surface area contributed by atoms with Gasteiger partial charge >= 0.3 is 6.09 Å². The molecule has 2 fully saturated rings. The maximum absolute atomic E-state index is 13.8. The van der Waals surface area contributed by atoms with E-state index in [1.54, 1.807) is 17.2 Å². The Morgan fingerprint density at radius 2 is 1.53 bits per heavy atom. The molecule has 0 unspecified atom stereocenters. The molecule has 1 aliphatic carbocycles. The Hall–Kier alpha value is -4.20. The third-order valence-electron chi connectivity index (χ3n) is 7.76. The first-order valence-corrected chi connectivity index (χ1v) is 14.8. The Morgan fingerprint density at radius 3 is 2.12 bits per heavy atom. The van der Waals surface area contributed by atoms with Crippen molar-refractivity contribution in [3.8, 4) is 5.75 Å². The van der Waals surface area contributed by atoms with E-state index in [0.29, 0.717) is 24.4 Å². The SMILES string of the molecule is CC(C)Oc1cncc(C(=O)N[C@H](C)c2ccc(C(=C3CC4(C3)CN(C(=O)OC(C)(C)C)C4)c3ccc(F)cc3)cc2)c1. The van der Waals surface area contributed by atoms with Gasteiger partial charge < -0.3 is 19.7 Å². The number of benzene rings is 2. The molecule has 1 aliphatic heterocycles. The van der Waals surface area contributed by atoms with Gasteiger partial charge in [0.15, 0.2) is 0 Å². The highest BCUT2D eigenvalue weighted by atomic mass is 19.1. The maximum Gasteiger partial charge on any atom is 0.410 e. The number of rotatable bonds is 7. The highest BCUT2D eigenvalue weighted by molar-refractivity contribution is 5.94. The van der Waals surface area contributed by atoms with Gasteiger partial charge in [-0.15, -0.1) is 0 Å². The summed E-state index contributed by atoms with van der Waals surface area (Å²) in [4.78, 5) is 31.3. The summed E-state index contributed by atoms with van der Waals surface area (Å²) in [6, 6.07) is 16.2. The van der Waals surface area contributed by atoms with Crippen molar-refractivity contribution in [2.45, 2.75) is 72.1 Å². The highest BCUT2D eigenvalue weighted by Gasteiger charge is 2.53. The number of nitrogens with one attached hydrogen (secondary N) is 1. The van der Waals surface area contributed by atoms with Crippen molar-refractivity contribution in [3.63, 3.8) is 0 Å². The number of amides is 2. The molecule has 2 heterocycles. The lowest BCUT2D eigenvalue weighted by Gasteiger charge is -2.57. The summed E-state index contributed by atoms with van der Waals surface area (Å²) in [6.45, 7) is 12.8. The quantitative estimate of drug-likeness (QED) is 0.314. The fourth-order valence-electron chi connectivity index (χ4n) is 5.85. The molecular weight excluding hydrogens is 545 g/mol. The minimum atomic E-state index is -0.516. The number of pyridine rings is 1. The van der Waals surface area contributed by atoms with E-state index in [9.17, 15) is 14.0 Å². The van der Waals surface area contributed by atoms with Gasteiger partial charge in [0, 0.05) is 24.7 Å². The molecule has 1 atom stereocenters. The van der Waals surface area contributed by atoms with E-state index in [0.717, 1.165) is 35.1 Å². The first-order valence-electron chi connectivity index (χ1n) is 14.8. The number of allylic oxidation sites excluding steroid dienone is 1. The summed E-state index contributed by atoms with van der Waals surface area (Å²) >= 11 is 0. The zero-order valence-corrected chi connectivity index (χ0v) is 25.7. The number of hydrogen-bond acceptors (Lipinski definition) is 5. The Balaban J connectivity index is 1.30. The number of carbonyl (C=O) groups excluding carboxylic acids is 2. The molecule has 5 rings (SSSR count). The molecule has 1 aromatic heterocycles. The fourth-order valence-corrected chi connectivity index (χ4v) is 5.85. The first kappa shape index (κ1) is 30.3. The molecule has 0 bridgehead atoms. The van der Waals surface area contributed by atoms with Crippen molar-refractivity contribution in [1.82, 2.24) is 15.2 Å². The van der Waals surface area contributed by atoms with Crippen LogP contribution in [0.5, 0.6) is 5.75 Å². The number of carbonyl (C=O) groups is 2. The Labute approximate surface area is 253 Å². The predicted octanol–water partition coefficient (Wildman–Crippen LogP) is 7.33. The van der Waals surface area contributed by atoms with Crippen LogP contribution >= 0.6 is 0 Å². The Bertz CT molecular complexity index is 1510. The summed E-state index contributed by atoms with van der Waals surface area (Å²) < 4.78 is 25.0. The number of ether oxygens (including phenoxy) is 2. The van der Waals surface area contributed by atoms with Crippen LogP contribution in [0.15, 0.2) is 72.6 Å². The van der Waals surface area contributed by atoms with E-state index in [1.165, 1.54) is 23.9 Å². The molecule has 1 spiro atoms. The molecule has 3 aromatic rings. The summed E-state index contributed by atoms with van der Waals surface area (Å²) in [5.41, 5.74) is 5.33. The molecule has 43 heavy (non-hydrogen) atoms. The summed E-state index contributed by atoms with van der Waals surface area (Å²) in [5, 5.41) is 3.05. The van der Waals surface area contributed by atoms with Crippen LogP contribution < -0.4 is 10.1 Å². The minimum absolute atomic E-state index is 0.0153. The molecule has 226 valence electrons. The molecular formula is C35H40FN3O4. The molecule has 2 amide bonds. The van der Waals surface area contributed by atoms with Crippen molar-refractivity contribution < 1.29 is 23.5 Å². The van der Waals surface area contributed by atoms with E-state index < -0.39 is 5.60 Å². The predicted molar refractivity (Wildman–Crippen MR) is 164 cm³/mol. The second-order valence-electron chi connectivity index (χ2n) is 13.1. The molecule has 0 radical (unpaired) electrons. The van der Waals surface area contributed by atoms with Crippen molar-refractivity contribution >= 4 is 17.6 Å². The highest BCUT2D eigenvalue weighted by Crippen LogP contribution is 2.54. The van der Waals surface area contributed by atoms with E-state index in [-0.39, 0.29) is 35.4 Å². The Kier molecular flexibility index (Phi) is 8.32. The smallest absolute Gasteiger partial charge is 0.410 e. The maximum atomic E-state index is 13.8. The topological polar surface area (TPSA) is 80.8 Å². The number of nitrogens with zero attached hydrogens (tertiary/aromatic N) is 2. The molecule has 7 nitrogen and oxygen atoms in total. The van der Waals surface area contributed by atoms with Gasteiger partial charge in [0.05, 0.1) is 23.9 Å². The summed E-state index contributed by atoms with van der Waals surface area (Å²) in [6.07, 6.45) is 4.59. The second-order valence-corrected chi connectivity index (χ2v) is 13.1. The zero-order valence-electron chi connectivity index (χ0n) is 25.7. The normalized spacial score (nSPS) is 16.3. The third-order valence-corrected chi connectivity index (χ3v) is 7.76. The largest absolute Gasteiger partial charge is 0.489 e. The first-order chi connectivity index (χ1) is 20.3. The number of hydrogen-bond donors (Lipinski definition) is 1. The van der Waals surface area contributed by atoms with Gasteiger partial charge in [-0.05, 0) is 94.8 Å². The van der Waals surface area contributed by atoms with Gasteiger partial charge in [-0.25, -0.2) is 9.18 Å². The molecule has 1 N–H and O–H groups in total. The number of likely N-dealkylation sites (tertiary alicyclic amines) is 1. The van der Waals surface area contributed by atoms with Gasteiger partial charge in [-0.1, -0.05) is 42.0 Å². The van der Waals surface area contributed by atoms with Gasteiger partial charge in [0.1, 0.15) is 17.2 Å². The van der Waals surface area contributed by atoms with Crippen LogP contribution in [0.4, 0.5) is 9.18 Å². The average molecular weight is 586 g/mol. The number of halogens is 1. The van der Waals surface area contributed by atoms with E-state index in [2.05, 4.69) is 22.4 Å². The molecule has 1 saturated carbocycles. The molecule has 1 saturated heterocycles. The lowest BCUT2D eigenvalue weighted by atomic mass is 9.59. The van der Waals surface area contributed by atoms with E-state index in [4.69, 9.17) is 9.47 Å². The summed E-state index contributed by atoms with van der Waals surface area (Å²) in [7, 11) is 0. The standard InChI is InChI=1S/C35H40FN3O4/c1-22(2)42-30-15-27(18-37-19-30)32(40)38-23(3)24-7-9-25(10-8-24)31(26-11-13-29(36)14-12-26)28-16-35(17-28)20-39(21-35)33(41)43-34(4,5)6/h7-15,18-19,22-23H,16-17,20-21H2,1-6H3,(H,38,40)/t23-/m1/s1. The lowest BCUT2D eigenvalue weighted by molar-refractivity contribution is -0.0500. The van der Waals surface area contributed by atoms with E-state index >= 15 is 0 Å². The average Bonchev–Trinajstić information content (AvgIpc) is 2.89. The molecule has 8 heteroatoms. The van der Waals surface area contributed by atoms with Crippen molar-refractivity contribution in [1.29, 1.82) is 0 Å². The summed E-state index contributed by atoms with van der Waals surface area (Å²) in [5.74, 6) is 0.0490. The van der Waals surface area contributed by atoms with Crippen molar-refractivity contribution in [2.24, 2.45) is 5.41 Å². The number of aromatic nitrogens is 1. The van der Waals surface area contributed by atoms with Crippen LogP contribution in [0, 0.1) is 11.2 Å². The monoisotopic (exact) mass is 585 g/mol. The second kappa shape index (κ2) is 11.8. The fraction of sp³-hybridized carbons (Fsp3) is 0.400. The van der Waals surface area contributed by atoms with E-state index in [1.807, 2.05) is 65.8 Å². The van der Waals surface area contributed by atoms with Crippen LogP contribution in [-0.4, -0.2) is 46.7 Å². The van der Waals surface area contributed by atoms with Gasteiger partial charge in [0.2, 0.25) is 0 Å². The van der Waals surface area contributed by atoms with Crippen molar-refractivity contribution in [3.05, 3.63) is 101 Å². The molecule has 2 aromatic carbocycles. The molecule has 2 aliphatic rings. The zero-order chi connectivity index (χ0) is 30.9. The van der Waals surface area contributed by atoms with Crippen LogP contribution in [0.2, 0.25) is 0 Å². The van der Waals surface area contributed by atoms with Gasteiger partial charge in [0.25, 0.3) is 5.91 Å². The van der Waals surface area contributed by atoms with Crippen LogP contribution in [0.1, 0.15) is 87.5 Å². The minimum Gasteiger partial charge on any atom is -0.489 e.